The molecule has 1 saturated heterocycles. The molecular formula is C23H23N3O4. The van der Waals surface area contributed by atoms with Gasteiger partial charge in [0, 0.05) is 35.2 Å². The molecule has 2 N–H and O–H groups in total. The first-order valence-corrected chi connectivity index (χ1v) is 9.93. The molecule has 0 aliphatic carbocycles. The molecule has 0 spiro atoms. The van der Waals surface area contributed by atoms with Gasteiger partial charge in [-0.15, -0.1) is 0 Å². The van der Waals surface area contributed by atoms with Crippen LogP contribution in [0.4, 0.5) is 5.69 Å². The fourth-order valence-corrected chi connectivity index (χ4v) is 3.88. The van der Waals surface area contributed by atoms with Crippen molar-refractivity contribution in [1.29, 1.82) is 0 Å². The Morgan fingerprint density at radius 1 is 1.17 bits per heavy atom. The van der Waals surface area contributed by atoms with Crippen LogP contribution in [0.25, 0.3) is 10.9 Å². The highest BCUT2D eigenvalue weighted by Crippen LogP contribution is 2.25. The van der Waals surface area contributed by atoms with E-state index in [-0.39, 0.29) is 12.3 Å². The Balaban J connectivity index is 1.45. The molecule has 30 heavy (non-hydrogen) atoms. The van der Waals surface area contributed by atoms with Crippen LogP contribution in [0.5, 0.6) is 5.75 Å². The van der Waals surface area contributed by atoms with Crippen LogP contribution >= 0.6 is 0 Å². The molecule has 1 aliphatic rings. The third kappa shape index (κ3) is 3.66. The van der Waals surface area contributed by atoms with E-state index in [1.54, 1.807) is 24.0 Å². The van der Waals surface area contributed by atoms with Gasteiger partial charge in [0.25, 0.3) is 11.7 Å². The third-order valence-corrected chi connectivity index (χ3v) is 5.25. The molecular weight excluding hydrogens is 382 g/mol. The fraction of sp³-hybridized carbons (Fsp3) is 0.261. The smallest absolute Gasteiger partial charge is 0.292 e. The minimum atomic E-state index is -0.700. The first kappa shape index (κ1) is 19.7. The van der Waals surface area contributed by atoms with Gasteiger partial charge in [0.15, 0.2) is 0 Å². The van der Waals surface area contributed by atoms with Crippen molar-refractivity contribution in [3.63, 3.8) is 0 Å². The molecule has 2 amide bonds. The predicted molar refractivity (Wildman–Crippen MR) is 114 cm³/mol. The lowest BCUT2D eigenvalue weighted by Crippen LogP contribution is -2.41. The summed E-state index contributed by atoms with van der Waals surface area (Å²) < 4.78 is 5.43. The number of aromatic amines is 1. The average Bonchev–Trinajstić information content (AvgIpc) is 3.26. The second-order valence-electron chi connectivity index (χ2n) is 7.31. The van der Waals surface area contributed by atoms with Crippen LogP contribution in [0.2, 0.25) is 0 Å². The van der Waals surface area contributed by atoms with E-state index in [1.807, 2.05) is 43.3 Å². The van der Waals surface area contributed by atoms with Gasteiger partial charge in [-0.3, -0.25) is 14.4 Å². The van der Waals surface area contributed by atoms with Crippen molar-refractivity contribution in [3.8, 4) is 5.75 Å². The zero-order valence-electron chi connectivity index (χ0n) is 16.9. The largest absolute Gasteiger partial charge is 0.494 e. The summed E-state index contributed by atoms with van der Waals surface area (Å²) in [5, 5.41) is 3.45. The van der Waals surface area contributed by atoms with Gasteiger partial charge in [0.05, 0.1) is 18.2 Å². The Morgan fingerprint density at radius 3 is 2.63 bits per heavy atom. The van der Waals surface area contributed by atoms with Crippen LogP contribution in [0.3, 0.4) is 0 Å². The molecule has 1 aromatic heterocycles. The Hall–Kier alpha value is -3.61. The lowest BCUT2D eigenvalue weighted by Gasteiger charge is -2.17. The van der Waals surface area contributed by atoms with Crippen LogP contribution in [0, 0.1) is 6.92 Å². The zero-order valence-corrected chi connectivity index (χ0v) is 16.9. The molecule has 154 valence electrons. The molecule has 1 aliphatic heterocycles. The number of H-pyrrole nitrogens is 1. The summed E-state index contributed by atoms with van der Waals surface area (Å²) in [5.74, 6) is -0.663. The van der Waals surface area contributed by atoms with E-state index in [4.69, 9.17) is 4.74 Å². The number of Topliss-reactive ketones (excluding diaryl/α,β-unsaturated/α-hetero) is 1. The maximum Gasteiger partial charge on any atom is 0.292 e. The number of aromatic nitrogens is 1. The zero-order chi connectivity index (χ0) is 21.3. The number of para-hydroxylation sites is 1. The van der Waals surface area contributed by atoms with E-state index < -0.39 is 17.7 Å². The lowest BCUT2D eigenvalue weighted by molar-refractivity contribution is -0.118. The van der Waals surface area contributed by atoms with Crippen molar-refractivity contribution < 1.29 is 19.1 Å². The molecule has 7 heteroatoms. The van der Waals surface area contributed by atoms with Gasteiger partial charge in [-0.05, 0) is 44.2 Å². The van der Waals surface area contributed by atoms with Crippen molar-refractivity contribution in [2.75, 3.05) is 18.1 Å². The average molecular weight is 405 g/mol. The predicted octanol–water partition coefficient (Wildman–Crippen LogP) is 2.98. The van der Waals surface area contributed by atoms with Gasteiger partial charge in [0.1, 0.15) is 5.75 Å². The molecule has 0 bridgehead atoms. The van der Waals surface area contributed by atoms with E-state index in [2.05, 4.69) is 10.3 Å². The molecule has 2 heterocycles. The number of aryl methyl sites for hydroxylation is 1. The Labute approximate surface area is 174 Å². The fourth-order valence-electron chi connectivity index (χ4n) is 3.88. The van der Waals surface area contributed by atoms with Gasteiger partial charge in [-0.25, -0.2) is 0 Å². The standard InChI is InChI=1S/C23H23N3O4/c1-3-30-17-10-8-16(9-11-17)26-13-15(12-20(26)27)25-23(29)22(28)21-14(2)24-19-7-5-4-6-18(19)21/h4-11,15,24H,3,12-13H2,1-2H3,(H,25,29). The number of ether oxygens (including phenoxy) is 1. The number of carbonyl (C=O) groups excluding carboxylic acids is 3. The molecule has 1 atom stereocenters. The molecule has 2 aromatic carbocycles. The first-order valence-electron chi connectivity index (χ1n) is 9.93. The SMILES string of the molecule is CCOc1ccc(N2CC(NC(=O)C(=O)c3c(C)[nH]c4ccccc34)CC2=O)cc1. The molecule has 4 rings (SSSR count). The number of anilines is 1. The number of hydrogen-bond acceptors (Lipinski definition) is 4. The minimum Gasteiger partial charge on any atom is -0.494 e. The molecule has 0 saturated carbocycles. The molecule has 0 radical (unpaired) electrons. The number of hydrogen-bond donors (Lipinski definition) is 2. The van der Waals surface area contributed by atoms with Crippen molar-refractivity contribution >= 4 is 34.2 Å². The number of benzene rings is 2. The van der Waals surface area contributed by atoms with Gasteiger partial charge < -0.3 is 19.9 Å². The number of amides is 2. The molecule has 1 unspecified atom stereocenters. The third-order valence-electron chi connectivity index (χ3n) is 5.25. The summed E-state index contributed by atoms with van der Waals surface area (Å²) in [4.78, 5) is 42.7. The summed E-state index contributed by atoms with van der Waals surface area (Å²) in [6, 6.07) is 14.2. The van der Waals surface area contributed by atoms with Crippen LogP contribution in [-0.2, 0) is 9.59 Å². The number of ketones is 1. The van der Waals surface area contributed by atoms with E-state index in [0.29, 0.717) is 29.8 Å². The quantitative estimate of drug-likeness (QED) is 0.487. The molecule has 1 fully saturated rings. The topological polar surface area (TPSA) is 91.5 Å². The monoisotopic (exact) mass is 405 g/mol. The number of nitrogens with one attached hydrogen (secondary N) is 2. The second-order valence-corrected chi connectivity index (χ2v) is 7.31. The number of nitrogens with zero attached hydrogens (tertiary/aromatic N) is 1. The number of rotatable bonds is 6. The normalized spacial score (nSPS) is 16.1. The van der Waals surface area contributed by atoms with E-state index in [0.717, 1.165) is 17.0 Å². The molecule has 3 aromatic rings. The Kier molecular flexibility index (Phi) is 5.27. The van der Waals surface area contributed by atoms with Crippen molar-refractivity contribution in [1.82, 2.24) is 10.3 Å². The summed E-state index contributed by atoms with van der Waals surface area (Å²) in [7, 11) is 0. The van der Waals surface area contributed by atoms with Crippen molar-refractivity contribution in [3.05, 3.63) is 59.8 Å². The lowest BCUT2D eigenvalue weighted by atomic mass is 10.1. The first-order chi connectivity index (χ1) is 14.5. The van der Waals surface area contributed by atoms with Gasteiger partial charge in [-0.2, -0.15) is 0 Å². The number of carbonyl (C=O) groups is 3. The highest BCUT2D eigenvalue weighted by Gasteiger charge is 2.33. The number of fused-ring (bicyclic) bond motifs is 1. The Morgan fingerprint density at radius 2 is 1.90 bits per heavy atom. The maximum absolute atomic E-state index is 12.8. The van der Waals surface area contributed by atoms with Crippen molar-refractivity contribution in [2.24, 2.45) is 0 Å². The van der Waals surface area contributed by atoms with Crippen molar-refractivity contribution in [2.45, 2.75) is 26.3 Å². The van der Waals surface area contributed by atoms with Crippen LogP contribution in [-0.4, -0.2) is 41.8 Å². The van der Waals surface area contributed by atoms with Gasteiger partial charge >= 0.3 is 0 Å². The van der Waals surface area contributed by atoms with E-state index in [9.17, 15) is 14.4 Å². The highest BCUT2D eigenvalue weighted by molar-refractivity contribution is 6.45. The molecule has 7 nitrogen and oxygen atoms in total. The van der Waals surface area contributed by atoms with Crippen LogP contribution in [0.1, 0.15) is 29.4 Å². The van der Waals surface area contributed by atoms with Crippen LogP contribution < -0.4 is 15.0 Å². The Bertz CT molecular complexity index is 1120. The summed E-state index contributed by atoms with van der Waals surface area (Å²) in [6.07, 6.45) is 0.152. The minimum absolute atomic E-state index is 0.0971. The second kappa shape index (κ2) is 8.02. The van der Waals surface area contributed by atoms with E-state index in [1.165, 1.54) is 0 Å². The van der Waals surface area contributed by atoms with Crippen LogP contribution in [0.15, 0.2) is 48.5 Å². The van der Waals surface area contributed by atoms with E-state index >= 15 is 0 Å². The summed E-state index contributed by atoms with van der Waals surface area (Å²) >= 11 is 0. The summed E-state index contributed by atoms with van der Waals surface area (Å²) in [6.45, 7) is 4.57. The van der Waals surface area contributed by atoms with Gasteiger partial charge in [0.2, 0.25) is 5.91 Å². The summed E-state index contributed by atoms with van der Waals surface area (Å²) in [5.41, 5.74) is 2.56. The maximum atomic E-state index is 12.8. The highest BCUT2D eigenvalue weighted by atomic mass is 16.5. The van der Waals surface area contributed by atoms with Gasteiger partial charge in [-0.1, -0.05) is 18.2 Å².